The molecule has 3 aromatic carbocycles. The number of hydrogen-bond donors (Lipinski definition) is 1. The van der Waals surface area contributed by atoms with Crippen molar-refractivity contribution in [2.75, 3.05) is 21.0 Å². The van der Waals surface area contributed by atoms with Gasteiger partial charge in [0.2, 0.25) is 5.75 Å². The number of ether oxygens (including phenoxy) is 3. The van der Waals surface area contributed by atoms with Crippen LogP contribution in [-0.4, -0.2) is 37.8 Å². The van der Waals surface area contributed by atoms with Crippen LogP contribution < -0.4 is 10.1 Å². The minimum Gasteiger partial charge on any atom is -0.490 e. The van der Waals surface area contributed by atoms with E-state index in [0.29, 0.717) is 22.3 Å². The van der Waals surface area contributed by atoms with Crippen LogP contribution in [0, 0.1) is 10.1 Å². The van der Waals surface area contributed by atoms with Gasteiger partial charge in [-0.25, -0.2) is 4.79 Å². The molecule has 33 heavy (non-hydrogen) atoms. The highest BCUT2D eigenvalue weighted by Gasteiger charge is 2.25. The summed E-state index contributed by atoms with van der Waals surface area (Å²) in [5, 5.41) is 14.1. The highest BCUT2D eigenvalue weighted by atomic mass is 16.6. The molecule has 0 fully saturated rings. The van der Waals surface area contributed by atoms with Crippen molar-refractivity contribution >= 4 is 17.6 Å². The lowest BCUT2D eigenvalue weighted by molar-refractivity contribution is -0.385. The first kappa shape index (κ1) is 23.4. The fraction of sp³-hybridized carbons (Fsp3) is 0.167. The van der Waals surface area contributed by atoms with Gasteiger partial charge in [0.15, 0.2) is 0 Å². The van der Waals surface area contributed by atoms with Gasteiger partial charge in [0, 0.05) is 11.6 Å². The van der Waals surface area contributed by atoms with Gasteiger partial charge < -0.3 is 19.5 Å². The number of carbonyl (C=O) groups excluding carboxylic acids is 2. The summed E-state index contributed by atoms with van der Waals surface area (Å²) in [6.07, 6.45) is 0. The van der Waals surface area contributed by atoms with Crippen molar-refractivity contribution in [3.05, 3.63) is 93.5 Å². The normalized spacial score (nSPS) is 10.4. The van der Waals surface area contributed by atoms with Crippen molar-refractivity contribution in [2.24, 2.45) is 0 Å². The van der Waals surface area contributed by atoms with Gasteiger partial charge >= 0.3 is 11.7 Å². The van der Waals surface area contributed by atoms with E-state index in [1.807, 2.05) is 0 Å². The van der Waals surface area contributed by atoms with E-state index in [-0.39, 0.29) is 30.3 Å². The molecule has 1 amide bonds. The molecule has 0 aliphatic heterocycles. The van der Waals surface area contributed by atoms with Gasteiger partial charge in [-0.05, 0) is 23.3 Å². The van der Waals surface area contributed by atoms with Crippen LogP contribution in [0.15, 0.2) is 66.7 Å². The topological polar surface area (TPSA) is 117 Å². The van der Waals surface area contributed by atoms with Gasteiger partial charge in [-0.1, -0.05) is 48.5 Å². The number of nitro groups is 1. The Morgan fingerprint density at radius 1 is 0.939 bits per heavy atom. The summed E-state index contributed by atoms with van der Waals surface area (Å²) in [5.41, 5.74) is 1.83. The molecule has 0 saturated heterocycles. The molecule has 9 heteroatoms. The van der Waals surface area contributed by atoms with E-state index in [2.05, 4.69) is 5.32 Å². The molecule has 1 N–H and O–H groups in total. The summed E-state index contributed by atoms with van der Waals surface area (Å²) < 4.78 is 15.6. The van der Waals surface area contributed by atoms with E-state index in [0.717, 1.165) is 0 Å². The van der Waals surface area contributed by atoms with Crippen LogP contribution in [0.2, 0.25) is 0 Å². The quantitative estimate of drug-likeness (QED) is 0.172. The number of hydrogen-bond acceptors (Lipinski definition) is 7. The third-order valence-corrected chi connectivity index (χ3v) is 4.86. The predicted octanol–water partition coefficient (Wildman–Crippen LogP) is 3.96. The molecule has 0 spiro atoms. The van der Waals surface area contributed by atoms with Gasteiger partial charge in [0.1, 0.15) is 6.73 Å². The van der Waals surface area contributed by atoms with E-state index in [9.17, 15) is 19.7 Å². The van der Waals surface area contributed by atoms with Gasteiger partial charge in [-0.3, -0.25) is 14.9 Å². The van der Waals surface area contributed by atoms with E-state index < -0.39 is 16.8 Å². The van der Waals surface area contributed by atoms with Crippen molar-refractivity contribution in [1.29, 1.82) is 0 Å². The number of esters is 1. The van der Waals surface area contributed by atoms with E-state index in [4.69, 9.17) is 14.2 Å². The minimum atomic E-state index is -0.561. The summed E-state index contributed by atoms with van der Waals surface area (Å²) in [5.74, 6) is -0.987. The van der Waals surface area contributed by atoms with Crippen molar-refractivity contribution in [3.63, 3.8) is 0 Å². The number of nitrogens with one attached hydrogen (secondary N) is 1. The summed E-state index contributed by atoms with van der Waals surface area (Å²) in [6, 6.07) is 18.2. The summed E-state index contributed by atoms with van der Waals surface area (Å²) >= 11 is 0. The first-order valence-electron chi connectivity index (χ1n) is 9.90. The van der Waals surface area contributed by atoms with Gasteiger partial charge in [0.25, 0.3) is 5.91 Å². The maximum absolute atomic E-state index is 12.9. The number of amides is 1. The first-order valence-corrected chi connectivity index (χ1v) is 9.90. The van der Waals surface area contributed by atoms with Crippen LogP contribution in [0.25, 0.3) is 11.1 Å². The first-order chi connectivity index (χ1) is 16.0. The smallest absolute Gasteiger partial charge is 0.338 e. The number of nitrogens with zero attached hydrogens (tertiary/aromatic N) is 1. The maximum atomic E-state index is 12.9. The Balaban J connectivity index is 1.79. The molecule has 3 aromatic rings. The number of rotatable bonds is 9. The Labute approximate surface area is 190 Å². The zero-order valence-corrected chi connectivity index (χ0v) is 18.1. The molecule has 0 heterocycles. The van der Waals surface area contributed by atoms with Crippen LogP contribution in [0.3, 0.4) is 0 Å². The molecule has 0 aromatic heterocycles. The van der Waals surface area contributed by atoms with Gasteiger partial charge in [-0.15, -0.1) is 0 Å². The van der Waals surface area contributed by atoms with Crippen LogP contribution in [-0.2, 0) is 16.1 Å². The van der Waals surface area contributed by atoms with Crippen LogP contribution in [0.4, 0.5) is 5.69 Å². The molecule has 0 unspecified atom stereocenters. The average Bonchev–Trinajstić information content (AvgIpc) is 2.85. The molecule has 0 saturated carbocycles. The number of benzene rings is 3. The third-order valence-electron chi connectivity index (χ3n) is 4.86. The number of nitro benzene ring substituents is 1. The Morgan fingerprint density at radius 3 is 2.30 bits per heavy atom. The second-order valence-electron chi connectivity index (χ2n) is 6.81. The second-order valence-corrected chi connectivity index (χ2v) is 6.81. The lowest BCUT2D eigenvalue weighted by Crippen LogP contribution is -2.27. The van der Waals surface area contributed by atoms with Crippen molar-refractivity contribution < 1.29 is 28.7 Å². The summed E-state index contributed by atoms with van der Waals surface area (Å²) in [7, 11) is 2.61. The molecule has 0 aliphatic rings. The van der Waals surface area contributed by atoms with Crippen molar-refractivity contribution in [2.45, 2.75) is 6.61 Å². The molecular formula is C24H22N2O7. The lowest BCUT2D eigenvalue weighted by atomic mass is 9.97. The largest absolute Gasteiger partial charge is 0.490 e. The molecule has 0 atom stereocenters. The average molecular weight is 450 g/mol. The fourth-order valence-electron chi connectivity index (χ4n) is 3.33. The van der Waals surface area contributed by atoms with Gasteiger partial charge in [-0.2, -0.15) is 0 Å². The minimum absolute atomic E-state index is 0.00762. The molecule has 170 valence electrons. The standard InChI is InChI=1S/C24H22N2O7/c1-31-22-20(26(29)30)13-12-19(21(22)16-8-4-3-5-9-16)23(27)25-15-33-14-17-10-6-7-11-18(17)24(28)32-2/h3-13H,14-15H2,1-2H3,(H,25,27). The second kappa shape index (κ2) is 10.9. The fourth-order valence-corrected chi connectivity index (χ4v) is 3.33. The van der Waals surface area contributed by atoms with E-state index >= 15 is 0 Å². The molecule has 0 aliphatic carbocycles. The highest BCUT2D eigenvalue weighted by Crippen LogP contribution is 2.40. The number of carbonyl (C=O) groups is 2. The van der Waals surface area contributed by atoms with Crippen LogP contribution in [0.1, 0.15) is 26.3 Å². The molecular weight excluding hydrogens is 428 g/mol. The third kappa shape index (κ3) is 5.34. The van der Waals surface area contributed by atoms with E-state index in [1.54, 1.807) is 54.6 Å². The maximum Gasteiger partial charge on any atom is 0.338 e. The summed E-state index contributed by atoms with van der Waals surface area (Å²) in [4.78, 5) is 35.7. The summed E-state index contributed by atoms with van der Waals surface area (Å²) in [6.45, 7) is -0.0808. The van der Waals surface area contributed by atoms with Crippen LogP contribution >= 0.6 is 0 Å². The number of methoxy groups -OCH3 is 2. The molecule has 3 rings (SSSR count). The Morgan fingerprint density at radius 2 is 1.64 bits per heavy atom. The Bertz CT molecular complexity index is 1160. The Hall–Kier alpha value is -4.24. The van der Waals surface area contributed by atoms with Crippen molar-refractivity contribution in [1.82, 2.24) is 5.32 Å². The zero-order valence-electron chi connectivity index (χ0n) is 18.1. The molecule has 9 nitrogen and oxygen atoms in total. The van der Waals surface area contributed by atoms with Gasteiger partial charge in [0.05, 0.1) is 36.9 Å². The zero-order chi connectivity index (χ0) is 23.8. The highest BCUT2D eigenvalue weighted by molar-refractivity contribution is 6.03. The SMILES string of the molecule is COC(=O)c1ccccc1COCNC(=O)c1ccc([N+](=O)[O-])c(OC)c1-c1ccccc1. The lowest BCUT2D eigenvalue weighted by Gasteiger charge is -2.15. The Kier molecular flexibility index (Phi) is 7.72. The molecule has 0 bridgehead atoms. The monoisotopic (exact) mass is 450 g/mol. The van der Waals surface area contributed by atoms with Crippen molar-refractivity contribution in [3.8, 4) is 16.9 Å². The molecule has 0 radical (unpaired) electrons. The predicted molar refractivity (Wildman–Crippen MR) is 120 cm³/mol. The van der Waals surface area contributed by atoms with E-state index in [1.165, 1.54) is 26.4 Å². The van der Waals surface area contributed by atoms with Crippen LogP contribution in [0.5, 0.6) is 5.75 Å².